The Labute approximate surface area is 200 Å². The molecule has 9 nitrogen and oxygen atoms in total. The van der Waals surface area contributed by atoms with Gasteiger partial charge in [-0.25, -0.2) is 4.98 Å². The number of rotatable bonds is 9. The van der Waals surface area contributed by atoms with Crippen LogP contribution in [0.2, 0.25) is 5.02 Å². The van der Waals surface area contributed by atoms with Gasteiger partial charge in [0.2, 0.25) is 11.9 Å². The molecule has 0 unspecified atom stereocenters. The minimum Gasteiger partial charge on any atom is -0.369 e. The minimum atomic E-state index is 0.263. The molecule has 0 radical (unpaired) electrons. The molecule has 0 aromatic carbocycles. The molecule has 2 aromatic rings. The number of anilines is 3. The fraction of sp³-hybridized carbons (Fsp3) is 0.652. The number of nitrogens with one attached hydrogen (secondary N) is 2. The first-order valence-corrected chi connectivity index (χ1v) is 12.5. The summed E-state index contributed by atoms with van der Waals surface area (Å²) in [6.45, 7) is 9.02. The van der Waals surface area contributed by atoms with Gasteiger partial charge in [0.25, 0.3) is 0 Å². The Hall–Kier alpha value is -2.39. The van der Waals surface area contributed by atoms with Crippen LogP contribution in [0.1, 0.15) is 58.4 Å². The maximum Gasteiger partial charge on any atom is 0.229 e. The number of aromatic nitrogens is 4. The van der Waals surface area contributed by atoms with Gasteiger partial charge < -0.3 is 20.4 Å². The highest BCUT2D eigenvalue weighted by atomic mass is 35.5. The van der Waals surface area contributed by atoms with E-state index in [0.29, 0.717) is 41.8 Å². The molecule has 0 saturated carbocycles. The molecule has 33 heavy (non-hydrogen) atoms. The van der Waals surface area contributed by atoms with Crippen molar-refractivity contribution in [3.63, 3.8) is 0 Å². The summed E-state index contributed by atoms with van der Waals surface area (Å²) in [4.78, 5) is 25.2. The summed E-state index contributed by atoms with van der Waals surface area (Å²) in [5, 5.41) is 11.6. The lowest BCUT2D eigenvalue weighted by atomic mass is 10.0. The lowest BCUT2D eigenvalue weighted by Gasteiger charge is -2.34. The summed E-state index contributed by atoms with van der Waals surface area (Å²) in [5.41, 5.74) is 0.859. The number of nitrogens with zero attached hydrogens (tertiary/aromatic N) is 6. The molecular formula is C23H35ClN8O. The van der Waals surface area contributed by atoms with E-state index in [-0.39, 0.29) is 5.91 Å². The fourth-order valence-corrected chi connectivity index (χ4v) is 4.68. The Morgan fingerprint density at radius 2 is 2.00 bits per heavy atom. The summed E-state index contributed by atoms with van der Waals surface area (Å²) >= 11 is 6.29. The van der Waals surface area contributed by atoms with Crippen molar-refractivity contribution in [2.24, 2.45) is 0 Å². The van der Waals surface area contributed by atoms with Crippen LogP contribution in [0, 0.1) is 0 Å². The van der Waals surface area contributed by atoms with Crippen molar-refractivity contribution in [3.8, 4) is 0 Å². The highest BCUT2D eigenvalue weighted by Gasteiger charge is 2.22. The standard InChI is InChI=1S/C23H35ClN8O/c1-17(2)30-12-7-19(8-13-30)32-16-18(14-27-32)28-23-26-15-20(24)22(29-23)25-9-5-11-31-10-4-3-6-21(31)33/h14-17,19H,3-13H2,1-2H3,(H2,25,26,28,29). The van der Waals surface area contributed by atoms with Gasteiger partial charge in [0, 0.05) is 51.4 Å². The van der Waals surface area contributed by atoms with E-state index in [9.17, 15) is 4.79 Å². The van der Waals surface area contributed by atoms with Crippen LogP contribution in [0.4, 0.5) is 17.5 Å². The van der Waals surface area contributed by atoms with Gasteiger partial charge in [-0.2, -0.15) is 10.1 Å². The minimum absolute atomic E-state index is 0.263. The third kappa shape index (κ3) is 6.35. The van der Waals surface area contributed by atoms with Crippen LogP contribution >= 0.6 is 11.6 Å². The van der Waals surface area contributed by atoms with Gasteiger partial charge in [-0.3, -0.25) is 9.48 Å². The number of hydrogen-bond acceptors (Lipinski definition) is 7. The summed E-state index contributed by atoms with van der Waals surface area (Å²) in [6.07, 6.45) is 11.3. The monoisotopic (exact) mass is 474 g/mol. The third-order valence-electron chi connectivity index (χ3n) is 6.52. The summed E-state index contributed by atoms with van der Waals surface area (Å²) in [6, 6.07) is 1.02. The van der Waals surface area contributed by atoms with Gasteiger partial charge in [-0.15, -0.1) is 0 Å². The second-order valence-corrected chi connectivity index (χ2v) is 9.61. The van der Waals surface area contributed by atoms with Crippen LogP contribution in [0.15, 0.2) is 18.6 Å². The molecule has 4 rings (SSSR count). The van der Waals surface area contributed by atoms with E-state index in [0.717, 1.165) is 64.0 Å². The van der Waals surface area contributed by atoms with Crippen molar-refractivity contribution in [1.82, 2.24) is 29.5 Å². The third-order valence-corrected chi connectivity index (χ3v) is 6.80. The SMILES string of the molecule is CC(C)N1CCC(n2cc(Nc3ncc(Cl)c(NCCCN4CCCCC4=O)n3)cn2)CC1. The number of hydrogen-bond donors (Lipinski definition) is 2. The molecule has 0 spiro atoms. The van der Waals surface area contributed by atoms with E-state index in [2.05, 4.69) is 49.1 Å². The summed E-state index contributed by atoms with van der Waals surface area (Å²) in [7, 11) is 0. The van der Waals surface area contributed by atoms with Crippen LogP contribution < -0.4 is 10.6 Å². The number of carbonyl (C=O) groups is 1. The smallest absolute Gasteiger partial charge is 0.229 e. The number of piperidine rings is 2. The van der Waals surface area contributed by atoms with Crippen LogP contribution in [0.25, 0.3) is 0 Å². The molecule has 0 aliphatic carbocycles. The van der Waals surface area contributed by atoms with Gasteiger partial charge in [-0.1, -0.05) is 11.6 Å². The molecule has 2 fully saturated rings. The molecular weight excluding hydrogens is 440 g/mol. The molecule has 10 heteroatoms. The lowest BCUT2D eigenvalue weighted by Crippen LogP contribution is -2.39. The molecule has 1 amide bonds. The average Bonchev–Trinajstić information content (AvgIpc) is 3.28. The van der Waals surface area contributed by atoms with Crippen molar-refractivity contribution >= 4 is 35.0 Å². The van der Waals surface area contributed by atoms with Gasteiger partial charge in [0.05, 0.1) is 24.1 Å². The molecule has 2 N–H and O–H groups in total. The maximum atomic E-state index is 11.9. The predicted molar refractivity (Wildman–Crippen MR) is 131 cm³/mol. The average molecular weight is 475 g/mol. The number of amides is 1. The highest BCUT2D eigenvalue weighted by molar-refractivity contribution is 6.32. The van der Waals surface area contributed by atoms with Crippen molar-refractivity contribution in [3.05, 3.63) is 23.6 Å². The maximum absolute atomic E-state index is 11.9. The van der Waals surface area contributed by atoms with E-state index in [4.69, 9.17) is 11.6 Å². The quantitative estimate of drug-likeness (QED) is 0.532. The molecule has 2 aliphatic rings. The molecule has 4 heterocycles. The first kappa shape index (κ1) is 23.8. The summed E-state index contributed by atoms with van der Waals surface area (Å²) in [5.74, 6) is 1.33. The van der Waals surface area contributed by atoms with Crippen LogP contribution in [-0.2, 0) is 4.79 Å². The Bertz CT molecular complexity index is 925. The van der Waals surface area contributed by atoms with E-state index in [1.165, 1.54) is 0 Å². The van der Waals surface area contributed by atoms with E-state index in [1.54, 1.807) is 6.20 Å². The second kappa shape index (κ2) is 11.2. The van der Waals surface area contributed by atoms with Crippen molar-refractivity contribution in [2.75, 3.05) is 43.4 Å². The van der Waals surface area contributed by atoms with Crippen LogP contribution in [-0.4, -0.2) is 74.2 Å². The number of halogens is 1. The van der Waals surface area contributed by atoms with E-state index < -0.39 is 0 Å². The second-order valence-electron chi connectivity index (χ2n) is 9.20. The molecule has 2 aliphatic heterocycles. The zero-order chi connectivity index (χ0) is 23.2. The molecule has 0 bridgehead atoms. The molecule has 180 valence electrons. The first-order valence-electron chi connectivity index (χ1n) is 12.1. The zero-order valence-corrected chi connectivity index (χ0v) is 20.4. The van der Waals surface area contributed by atoms with Gasteiger partial charge in [-0.05, 0) is 46.0 Å². The Kier molecular flexibility index (Phi) is 8.03. The van der Waals surface area contributed by atoms with Crippen LogP contribution in [0.3, 0.4) is 0 Å². The largest absolute Gasteiger partial charge is 0.369 e. The topological polar surface area (TPSA) is 91.2 Å². The highest BCUT2D eigenvalue weighted by Crippen LogP contribution is 2.26. The predicted octanol–water partition coefficient (Wildman–Crippen LogP) is 3.93. The molecule has 0 atom stereocenters. The number of likely N-dealkylation sites (tertiary alicyclic amines) is 2. The van der Waals surface area contributed by atoms with E-state index in [1.807, 2.05) is 17.3 Å². The Morgan fingerprint density at radius 3 is 2.76 bits per heavy atom. The van der Waals surface area contributed by atoms with Gasteiger partial charge >= 0.3 is 0 Å². The normalized spacial score (nSPS) is 18.2. The Balaban J connectivity index is 1.28. The Morgan fingerprint density at radius 1 is 1.18 bits per heavy atom. The first-order chi connectivity index (χ1) is 16.0. The van der Waals surface area contributed by atoms with Gasteiger partial charge in [0.1, 0.15) is 10.8 Å². The summed E-state index contributed by atoms with van der Waals surface area (Å²) < 4.78 is 2.05. The van der Waals surface area contributed by atoms with Gasteiger partial charge in [0.15, 0.2) is 0 Å². The zero-order valence-electron chi connectivity index (χ0n) is 19.6. The number of carbonyl (C=O) groups excluding carboxylic acids is 1. The molecule has 2 aromatic heterocycles. The fourth-order valence-electron chi connectivity index (χ4n) is 4.52. The van der Waals surface area contributed by atoms with Crippen molar-refractivity contribution in [2.45, 2.75) is 64.5 Å². The van der Waals surface area contributed by atoms with Crippen LogP contribution in [0.5, 0.6) is 0 Å². The van der Waals surface area contributed by atoms with Crippen molar-refractivity contribution < 1.29 is 4.79 Å². The van der Waals surface area contributed by atoms with Crippen molar-refractivity contribution in [1.29, 1.82) is 0 Å². The van der Waals surface area contributed by atoms with E-state index >= 15 is 0 Å². The lowest BCUT2D eigenvalue weighted by molar-refractivity contribution is -0.133. The molecule has 2 saturated heterocycles.